The molecule has 0 aliphatic carbocycles. The zero-order valence-electron chi connectivity index (χ0n) is 9.61. The molecule has 2 aromatic rings. The van der Waals surface area contributed by atoms with Crippen LogP contribution in [0, 0.1) is 0 Å². The molecule has 19 heavy (non-hydrogen) atoms. The van der Waals surface area contributed by atoms with Crippen molar-refractivity contribution in [3.63, 3.8) is 0 Å². The number of anilines is 1. The molecule has 1 heterocycles. The lowest BCUT2D eigenvalue weighted by molar-refractivity contribution is -0.131. The molecule has 1 aromatic heterocycles. The number of carbonyl (C=O) groups is 2. The molecule has 0 fully saturated rings. The van der Waals surface area contributed by atoms with Gasteiger partial charge in [0.05, 0.1) is 0 Å². The first-order valence-corrected chi connectivity index (χ1v) is 6.12. The fraction of sp³-hybridized carbons (Fsp3) is 0. The number of amides is 1. The average Bonchev–Trinajstić information content (AvgIpc) is 2.89. The third-order valence-electron chi connectivity index (χ3n) is 2.15. The van der Waals surface area contributed by atoms with Gasteiger partial charge in [0.15, 0.2) is 0 Å². The van der Waals surface area contributed by atoms with Crippen molar-refractivity contribution >= 4 is 34.4 Å². The Morgan fingerprint density at radius 2 is 2.21 bits per heavy atom. The van der Waals surface area contributed by atoms with Crippen LogP contribution in [0.2, 0.25) is 0 Å². The van der Waals surface area contributed by atoms with E-state index in [0.29, 0.717) is 16.3 Å². The Kier molecular flexibility index (Phi) is 3.99. The van der Waals surface area contributed by atoms with Gasteiger partial charge in [-0.15, -0.1) is 10.2 Å². The van der Waals surface area contributed by atoms with E-state index in [2.05, 4.69) is 15.5 Å². The summed E-state index contributed by atoms with van der Waals surface area (Å²) in [6.07, 6.45) is 2.44. The minimum atomic E-state index is -1.04. The maximum atomic E-state index is 11.9. The molecule has 7 heteroatoms. The summed E-state index contributed by atoms with van der Waals surface area (Å²) in [6, 6.07) is 6.61. The SMILES string of the molecule is O=C(O)C=Cc1cccc(C(=O)Nc2nncs2)c1. The van der Waals surface area contributed by atoms with E-state index in [1.54, 1.807) is 24.3 Å². The van der Waals surface area contributed by atoms with Crippen LogP contribution >= 0.6 is 11.3 Å². The van der Waals surface area contributed by atoms with Crippen LogP contribution < -0.4 is 5.32 Å². The molecule has 0 saturated heterocycles. The number of hydrogen-bond donors (Lipinski definition) is 2. The van der Waals surface area contributed by atoms with Gasteiger partial charge in [0.25, 0.3) is 5.91 Å². The molecule has 0 bridgehead atoms. The van der Waals surface area contributed by atoms with Crippen LogP contribution in [0.15, 0.2) is 35.9 Å². The minimum Gasteiger partial charge on any atom is -0.478 e. The van der Waals surface area contributed by atoms with Crippen LogP contribution in [0.25, 0.3) is 6.08 Å². The molecule has 0 aliphatic heterocycles. The highest BCUT2D eigenvalue weighted by Crippen LogP contribution is 2.12. The molecule has 96 valence electrons. The van der Waals surface area contributed by atoms with E-state index in [-0.39, 0.29) is 5.91 Å². The predicted octanol–water partition coefficient (Wildman–Crippen LogP) is 1.89. The second kappa shape index (κ2) is 5.87. The summed E-state index contributed by atoms with van der Waals surface area (Å²) in [6.45, 7) is 0. The van der Waals surface area contributed by atoms with Crippen molar-refractivity contribution in [1.82, 2.24) is 10.2 Å². The molecule has 2 rings (SSSR count). The number of benzene rings is 1. The molecule has 0 aliphatic rings. The van der Waals surface area contributed by atoms with E-state index in [9.17, 15) is 9.59 Å². The van der Waals surface area contributed by atoms with Crippen LogP contribution in [0.5, 0.6) is 0 Å². The topological polar surface area (TPSA) is 92.2 Å². The third-order valence-corrected chi connectivity index (χ3v) is 2.75. The lowest BCUT2D eigenvalue weighted by Crippen LogP contribution is -2.11. The molecule has 0 spiro atoms. The Bertz CT molecular complexity index is 623. The fourth-order valence-electron chi connectivity index (χ4n) is 1.35. The van der Waals surface area contributed by atoms with Crippen molar-refractivity contribution in [2.24, 2.45) is 0 Å². The van der Waals surface area contributed by atoms with Gasteiger partial charge in [0.1, 0.15) is 5.51 Å². The van der Waals surface area contributed by atoms with E-state index >= 15 is 0 Å². The van der Waals surface area contributed by atoms with E-state index < -0.39 is 5.97 Å². The lowest BCUT2D eigenvalue weighted by atomic mass is 10.1. The van der Waals surface area contributed by atoms with Crippen molar-refractivity contribution in [3.05, 3.63) is 47.0 Å². The maximum absolute atomic E-state index is 11.9. The van der Waals surface area contributed by atoms with E-state index in [0.717, 1.165) is 6.08 Å². The number of carbonyl (C=O) groups excluding carboxylic acids is 1. The quantitative estimate of drug-likeness (QED) is 0.831. The largest absolute Gasteiger partial charge is 0.478 e. The van der Waals surface area contributed by atoms with E-state index in [1.807, 2.05) is 0 Å². The molecule has 0 radical (unpaired) electrons. The number of nitrogens with zero attached hydrogens (tertiary/aromatic N) is 2. The summed E-state index contributed by atoms with van der Waals surface area (Å²) >= 11 is 1.22. The van der Waals surface area contributed by atoms with Gasteiger partial charge in [-0.25, -0.2) is 4.79 Å². The molecule has 0 saturated carbocycles. The van der Waals surface area contributed by atoms with Gasteiger partial charge in [-0.2, -0.15) is 0 Å². The molecular weight excluding hydrogens is 266 g/mol. The Morgan fingerprint density at radius 3 is 2.89 bits per heavy atom. The molecule has 1 aromatic carbocycles. The summed E-state index contributed by atoms with van der Waals surface area (Å²) < 4.78 is 0. The second-order valence-corrected chi connectivity index (χ2v) is 4.33. The number of aliphatic carboxylic acids is 1. The molecule has 6 nitrogen and oxygen atoms in total. The van der Waals surface area contributed by atoms with Crippen LogP contribution in [0.4, 0.5) is 5.13 Å². The lowest BCUT2D eigenvalue weighted by Gasteiger charge is -2.02. The van der Waals surface area contributed by atoms with E-state index in [4.69, 9.17) is 5.11 Å². The van der Waals surface area contributed by atoms with Crippen molar-refractivity contribution in [1.29, 1.82) is 0 Å². The first kappa shape index (κ1) is 12.9. The number of nitrogens with one attached hydrogen (secondary N) is 1. The van der Waals surface area contributed by atoms with Crippen LogP contribution in [-0.4, -0.2) is 27.2 Å². The van der Waals surface area contributed by atoms with Crippen molar-refractivity contribution < 1.29 is 14.7 Å². The smallest absolute Gasteiger partial charge is 0.328 e. The van der Waals surface area contributed by atoms with Gasteiger partial charge in [0, 0.05) is 11.6 Å². The summed E-state index contributed by atoms with van der Waals surface area (Å²) in [4.78, 5) is 22.3. The summed E-state index contributed by atoms with van der Waals surface area (Å²) in [5.74, 6) is -1.36. The minimum absolute atomic E-state index is 0.317. The highest BCUT2D eigenvalue weighted by atomic mass is 32.1. The highest BCUT2D eigenvalue weighted by Gasteiger charge is 2.07. The Labute approximate surface area is 112 Å². The molecular formula is C12H9N3O3S. The molecule has 1 amide bonds. The number of rotatable bonds is 4. The van der Waals surface area contributed by atoms with Gasteiger partial charge >= 0.3 is 5.97 Å². The van der Waals surface area contributed by atoms with Crippen LogP contribution in [-0.2, 0) is 4.79 Å². The first-order valence-electron chi connectivity index (χ1n) is 5.24. The summed E-state index contributed by atoms with van der Waals surface area (Å²) in [5.41, 5.74) is 2.57. The van der Waals surface area contributed by atoms with Gasteiger partial charge < -0.3 is 5.11 Å². The third kappa shape index (κ3) is 3.71. The van der Waals surface area contributed by atoms with Gasteiger partial charge in [-0.05, 0) is 23.8 Å². The zero-order chi connectivity index (χ0) is 13.7. The Balaban J connectivity index is 2.14. The monoisotopic (exact) mass is 275 g/mol. The maximum Gasteiger partial charge on any atom is 0.328 e. The zero-order valence-corrected chi connectivity index (χ0v) is 10.4. The van der Waals surface area contributed by atoms with Crippen molar-refractivity contribution in [2.45, 2.75) is 0 Å². The second-order valence-electron chi connectivity index (χ2n) is 3.50. The Morgan fingerprint density at radius 1 is 1.37 bits per heavy atom. The van der Waals surface area contributed by atoms with Gasteiger partial charge in [0.2, 0.25) is 5.13 Å². The standard InChI is InChI=1S/C12H9N3O3S/c16-10(17)5-4-8-2-1-3-9(6-8)11(18)14-12-15-13-7-19-12/h1-7H,(H,16,17)(H,14,15,18). The van der Waals surface area contributed by atoms with Gasteiger partial charge in [-0.1, -0.05) is 23.5 Å². The summed E-state index contributed by atoms with van der Waals surface area (Å²) in [7, 11) is 0. The average molecular weight is 275 g/mol. The fourth-order valence-corrected chi connectivity index (χ4v) is 1.79. The number of aromatic nitrogens is 2. The van der Waals surface area contributed by atoms with Crippen LogP contribution in [0.3, 0.4) is 0 Å². The van der Waals surface area contributed by atoms with Crippen LogP contribution in [0.1, 0.15) is 15.9 Å². The predicted molar refractivity (Wildman–Crippen MR) is 71.0 cm³/mol. The number of carboxylic acid groups (broad SMARTS) is 1. The van der Waals surface area contributed by atoms with Gasteiger partial charge in [-0.3, -0.25) is 10.1 Å². The molecule has 0 unspecified atom stereocenters. The molecule has 2 N–H and O–H groups in total. The number of hydrogen-bond acceptors (Lipinski definition) is 5. The normalized spacial score (nSPS) is 10.5. The first-order chi connectivity index (χ1) is 9.15. The van der Waals surface area contributed by atoms with Crippen molar-refractivity contribution in [2.75, 3.05) is 5.32 Å². The molecule has 0 atom stereocenters. The van der Waals surface area contributed by atoms with Crippen molar-refractivity contribution in [3.8, 4) is 0 Å². The highest BCUT2D eigenvalue weighted by molar-refractivity contribution is 7.13. The Hall–Kier alpha value is -2.54. The summed E-state index contributed by atoms with van der Waals surface area (Å²) in [5, 5.41) is 18.9. The van der Waals surface area contributed by atoms with E-state index in [1.165, 1.54) is 22.9 Å². The number of carboxylic acids is 1.